The summed E-state index contributed by atoms with van der Waals surface area (Å²) in [5.41, 5.74) is 0.905. The van der Waals surface area contributed by atoms with Gasteiger partial charge in [0.25, 0.3) is 0 Å². The zero-order valence-electron chi connectivity index (χ0n) is 13.7. The van der Waals surface area contributed by atoms with Crippen LogP contribution in [0.4, 0.5) is 5.69 Å². The standard InChI is InChI=1S/C19H22N2O3/c1-24-17-9-7-16(8-10-17)20-18(22)11-12-21-13-19(23,14-21)15-5-3-2-4-6-15/h2-10,23H,11-14H2,1H3,(H,20,22). The molecule has 1 amide bonds. The fourth-order valence-corrected chi connectivity index (χ4v) is 2.94. The van der Waals surface area contributed by atoms with E-state index in [1.54, 1.807) is 7.11 Å². The lowest BCUT2D eigenvalue weighted by atomic mass is 9.86. The second-order valence-electron chi connectivity index (χ2n) is 6.13. The Morgan fingerprint density at radius 3 is 2.46 bits per heavy atom. The van der Waals surface area contributed by atoms with E-state index in [-0.39, 0.29) is 5.91 Å². The Bertz CT molecular complexity index is 680. The second kappa shape index (κ2) is 7.03. The molecule has 0 spiro atoms. The van der Waals surface area contributed by atoms with E-state index in [2.05, 4.69) is 10.2 Å². The summed E-state index contributed by atoms with van der Waals surface area (Å²) in [6, 6.07) is 16.9. The number of aliphatic hydroxyl groups is 1. The van der Waals surface area contributed by atoms with Gasteiger partial charge in [-0.2, -0.15) is 0 Å². The van der Waals surface area contributed by atoms with Crippen molar-refractivity contribution >= 4 is 11.6 Å². The molecule has 5 nitrogen and oxygen atoms in total. The molecule has 0 aliphatic carbocycles. The molecular formula is C19H22N2O3. The van der Waals surface area contributed by atoms with Gasteiger partial charge in [0.1, 0.15) is 11.4 Å². The molecule has 1 aliphatic rings. The van der Waals surface area contributed by atoms with Crippen LogP contribution in [0.3, 0.4) is 0 Å². The highest BCUT2D eigenvalue weighted by atomic mass is 16.5. The van der Waals surface area contributed by atoms with E-state index < -0.39 is 5.60 Å². The molecule has 3 rings (SSSR count). The molecule has 126 valence electrons. The zero-order chi connectivity index (χ0) is 17.0. The molecular weight excluding hydrogens is 304 g/mol. The average Bonchev–Trinajstić information content (AvgIpc) is 2.59. The first kappa shape index (κ1) is 16.5. The summed E-state index contributed by atoms with van der Waals surface area (Å²) in [5.74, 6) is 0.726. The number of likely N-dealkylation sites (tertiary alicyclic amines) is 1. The number of benzene rings is 2. The predicted octanol–water partition coefficient (Wildman–Crippen LogP) is 2.23. The molecule has 1 saturated heterocycles. The third-order valence-corrected chi connectivity index (χ3v) is 4.31. The summed E-state index contributed by atoms with van der Waals surface area (Å²) in [6.07, 6.45) is 0.400. The maximum atomic E-state index is 12.0. The molecule has 2 aromatic rings. The molecule has 2 aromatic carbocycles. The first-order valence-corrected chi connectivity index (χ1v) is 8.03. The summed E-state index contributed by atoms with van der Waals surface area (Å²) < 4.78 is 5.09. The van der Waals surface area contributed by atoms with Gasteiger partial charge in [-0.15, -0.1) is 0 Å². The number of hydrogen-bond acceptors (Lipinski definition) is 4. The van der Waals surface area contributed by atoms with Crippen LogP contribution in [0.1, 0.15) is 12.0 Å². The Kier molecular flexibility index (Phi) is 4.83. The lowest BCUT2D eigenvalue weighted by molar-refractivity contribution is -0.122. The first-order valence-electron chi connectivity index (χ1n) is 8.03. The summed E-state index contributed by atoms with van der Waals surface area (Å²) in [7, 11) is 1.61. The van der Waals surface area contributed by atoms with Gasteiger partial charge < -0.3 is 15.2 Å². The van der Waals surface area contributed by atoms with Crippen molar-refractivity contribution in [1.82, 2.24) is 4.90 Å². The van der Waals surface area contributed by atoms with E-state index in [4.69, 9.17) is 4.74 Å². The summed E-state index contributed by atoms with van der Waals surface area (Å²) in [4.78, 5) is 14.1. The fraction of sp³-hybridized carbons (Fsp3) is 0.316. The van der Waals surface area contributed by atoms with Crippen LogP contribution in [0.2, 0.25) is 0 Å². The van der Waals surface area contributed by atoms with Crippen molar-refractivity contribution in [3.8, 4) is 5.75 Å². The van der Waals surface area contributed by atoms with E-state index >= 15 is 0 Å². The van der Waals surface area contributed by atoms with Gasteiger partial charge in [0.15, 0.2) is 0 Å². The number of anilines is 1. The number of hydrogen-bond donors (Lipinski definition) is 2. The van der Waals surface area contributed by atoms with Gasteiger partial charge in [0, 0.05) is 31.7 Å². The number of rotatable bonds is 6. The van der Waals surface area contributed by atoms with Crippen molar-refractivity contribution in [2.24, 2.45) is 0 Å². The lowest BCUT2D eigenvalue weighted by Gasteiger charge is -2.46. The molecule has 1 heterocycles. The van der Waals surface area contributed by atoms with Gasteiger partial charge in [-0.3, -0.25) is 9.69 Å². The van der Waals surface area contributed by atoms with Crippen LogP contribution < -0.4 is 10.1 Å². The minimum atomic E-state index is -0.784. The molecule has 5 heteroatoms. The van der Waals surface area contributed by atoms with Crippen molar-refractivity contribution in [1.29, 1.82) is 0 Å². The van der Waals surface area contributed by atoms with Crippen LogP contribution in [0.25, 0.3) is 0 Å². The molecule has 0 saturated carbocycles. The first-order chi connectivity index (χ1) is 11.6. The van der Waals surface area contributed by atoms with Crippen LogP contribution in [-0.4, -0.2) is 42.7 Å². The van der Waals surface area contributed by atoms with E-state index in [1.807, 2.05) is 54.6 Å². The quantitative estimate of drug-likeness (QED) is 0.854. The molecule has 0 aromatic heterocycles. The second-order valence-corrected chi connectivity index (χ2v) is 6.13. The van der Waals surface area contributed by atoms with Crippen LogP contribution in [0, 0.1) is 0 Å². The van der Waals surface area contributed by atoms with Gasteiger partial charge in [-0.1, -0.05) is 30.3 Å². The van der Waals surface area contributed by atoms with Crippen LogP contribution in [0.15, 0.2) is 54.6 Å². The number of carbonyl (C=O) groups excluding carboxylic acids is 1. The van der Waals surface area contributed by atoms with Gasteiger partial charge in [0.2, 0.25) is 5.91 Å². The van der Waals surface area contributed by atoms with E-state index in [1.165, 1.54) is 0 Å². The molecule has 1 fully saturated rings. The third-order valence-electron chi connectivity index (χ3n) is 4.31. The Labute approximate surface area is 141 Å². The largest absolute Gasteiger partial charge is 0.497 e. The third kappa shape index (κ3) is 3.75. The number of amides is 1. The molecule has 0 unspecified atom stereocenters. The van der Waals surface area contributed by atoms with Crippen molar-refractivity contribution in [3.05, 3.63) is 60.2 Å². The number of ether oxygens (including phenoxy) is 1. The minimum Gasteiger partial charge on any atom is -0.497 e. The minimum absolute atomic E-state index is 0.0321. The molecule has 1 aliphatic heterocycles. The number of β-amino-alcohol motifs (C(OH)–C–C–N with tert-alkyl or cyclic N) is 1. The number of nitrogens with one attached hydrogen (secondary N) is 1. The molecule has 2 N–H and O–H groups in total. The number of carbonyl (C=O) groups is 1. The highest BCUT2D eigenvalue weighted by Crippen LogP contribution is 2.31. The van der Waals surface area contributed by atoms with E-state index in [0.717, 1.165) is 17.0 Å². The summed E-state index contributed by atoms with van der Waals surface area (Å²) >= 11 is 0. The lowest BCUT2D eigenvalue weighted by Crippen LogP contribution is -2.59. The molecule has 24 heavy (non-hydrogen) atoms. The van der Waals surface area contributed by atoms with Crippen LogP contribution >= 0.6 is 0 Å². The van der Waals surface area contributed by atoms with Gasteiger partial charge in [-0.25, -0.2) is 0 Å². The van der Waals surface area contributed by atoms with Crippen molar-refractivity contribution < 1.29 is 14.6 Å². The maximum absolute atomic E-state index is 12.0. The summed E-state index contributed by atoms with van der Waals surface area (Å²) in [6.45, 7) is 1.76. The van der Waals surface area contributed by atoms with E-state index in [0.29, 0.717) is 26.1 Å². The maximum Gasteiger partial charge on any atom is 0.225 e. The Hall–Kier alpha value is -2.37. The van der Waals surface area contributed by atoms with Crippen molar-refractivity contribution in [2.75, 3.05) is 32.1 Å². The van der Waals surface area contributed by atoms with Gasteiger partial charge in [-0.05, 0) is 29.8 Å². The Balaban J connectivity index is 1.43. The molecule has 0 bridgehead atoms. The monoisotopic (exact) mass is 326 g/mol. The van der Waals surface area contributed by atoms with Gasteiger partial charge >= 0.3 is 0 Å². The number of methoxy groups -OCH3 is 1. The average molecular weight is 326 g/mol. The van der Waals surface area contributed by atoms with Gasteiger partial charge in [0.05, 0.1) is 7.11 Å². The highest BCUT2D eigenvalue weighted by Gasteiger charge is 2.42. The van der Waals surface area contributed by atoms with Crippen LogP contribution in [0.5, 0.6) is 5.75 Å². The predicted molar refractivity (Wildman–Crippen MR) is 93.0 cm³/mol. The summed E-state index contributed by atoms with van der Waals surface area (Å²) in [5, 5.41) is 13.4. The van der Waals surface area contributed by atoms with Crippen molar-refractivity contribution in [2.45, 2.75) is 12.0 Å². The van der Waals surface area contributed by atoms with Crippen LogP contribution in [-0.2, 0) is 10.4 Å². The topological polar surface area (TPSA) is 61.8 Å². The number of nitrogens with zero attached hydrogens (tertiary/aromatic N) is 1. The molecule has 0 radical (unpaired) electrons. The Morgan fingerprint density at radius 1 is 1.17 bits per heavy atom. The Morgan fingerprint density at radius 2 is 1.83 bits per heavy atom. The van der Waals surface area contributed by atoms with E-state index in [9.17, 15) is 9.90 Å². The smallest absolute Gasteiger partial charge is 0.225 e. The molecule has 0 atom stereocenters. The fourth-order valence-electron chi connectivity index (χ4n) is 2.94. The van der Waals surface area contributed by atoms with Crippen molar-refractivity contribution in [3.63, 3.8) is 0 Å². The SMILES string of the molecule is COc1ccc(NC(=O)CCN2CC(O)(c3ccccc3)C2)cc1. The normalized spacial score (nSPS) is 16.2. The zero-order valence-corrected chi connectivity index (χ0v) is 13.7. The highest BCUT2D eigenvalue weighted by molar-refractivity contribution is 5.90.